The summed E-state index contributed by atoms with van der Waals surface area (Å²) in [5.74, 6) is 0. The Morgan fingerprint density at radius 1 is 1.04 bits per heavy atom. The van der Waals surface area contributed by atoms with Gasteiger partial charge in [-0.15, -0.1) is 0 Å². The van der Waals surface area contributed by atoms with Gasteiger partial charge in [0.05, 0.1) is 6.54 Å². The summed E-state index contributed by atoms with van der Waals surface area (Å²) in [6.45, 7) is 2.36. The molecular weight excluding hydrogens is 288 g/mol. The average molecular weight is 312 g/mol. The molecule has 0 saturated carbocycles. The molecule has 1 aromatic heterocycles. The molecule has 1 aliphatic rings. The Kier molecular flexibility index (Phi) is 5.29. The Labute approximate surface area is 137 Å². The van der Waals surface area contributed by atoms with Crippen LogP contribution in [0.2, 0.25) is 0 Å². The van der Waals surface area contributed by atoms with Gasteiger partial charge in [0.25, 0.3) is 0 Å². The quantitative estimate of drug-likeness (QED) is 0.939. The van der Waals surface area contributed by atoms with Crippen molar-refractivity contribution in [1.29, 1.82) is 0 Å². The molecule has 0 unspecified atom stereocenters. The Morgan fingerprint density at radius 3 is 2.52 bits per heavy atom. The molecule has 0 radical (unpaired) electrons. The summed E-state index contributed by atoms with van der Waals surface area (Å²) >= 11 is 0. The molecule has 1 fully saturated rings. The first-order valence-corrected chi connectivity index (χ1v) is 8.44. The van der Waals surface area contributed by atoms with Crippen LogP contribution in [0, 0.1) is 0 Å². The number of anilines is 1. The van der Waals surface area contributed by atoms with Gasteiger partial charge in [-0.3, -0.25) is 4.68 Å². The van der Waals surface area contributed by atoms with E-state index in [0.29, 0.717) is 6.54 Å². The number of likely N-dealkylation sites (tertiary alicyclic amines) is 1. The molecule has 0 atom stereocenters. The summed E-state index contributed by atoms with van der Waals surface area (Å²) in [5, 5.41) is 7.32. The lowest BCUT2D eigenvalue weighted by molar-refractivity contribution is 0.206. The second kappa shape index (κ2) is 7.81. The van der Waals surface area contributed by atoms with Crippen LogP contribution in [0.25, 0.3) is 0 Å². The molecule has 2 heterocycles. The number of aromatic nitrogens is 2. The first kappa shape index (κ1) is 15.6. The monoisotopic (exact) mass is 312 g/mol. The molecule has 1 saturated heterocycles. The Bertz CT molecular complexity index is 616. The number of rotatable bonds is 3. The van der Waals surface area contributed by atoms with Crippen LogP contribution in [0.4, 0.5) is 10.5 Å². The van der Waals surface area contributed by atoms with Gasteiger partial charge in [-0.05, 0) is 30.5 Å². The van der Waals surface area contributed by atoms with E-state index in [4.69, 9.17) is 0 Å². The van der Waals surface area contributed by atoms with Crippen LogP contribution in [0.5, 0.6) is 0 Å². The molecule has 3 rings (SSSR count). The van der Waals surface area contributed by atoms with E-state index in [1.807, 2.05) is 46.1 Å². The predicted molar refractivity (Wildman–Crippen MR) is 91.4 cm³/mol. The van der Waals surface area contributed by atoms with Gasteiger partial charge in [-0.2, -0.15) is 5.10 Å². The van der Waals surface area contributed by atoms with Crippen molar-refractivity contribution in [3.8, 4) is 0 Å². The van der Waals surface area contributed by atoms with Gasteiger partial charge in [-0.1, -0.05) is 37.5 Å². The summed E-state index contributed by atoms with van der Waals surface area (Å²) in [6.07, 6.45) is 9.63. The summed E-state index contributed by atoms with van der Waals surface area (Å²) in [7, 11) is 0. The fourth-order valence-electron chi connectivity index (χ4n) is 2.99. The number of nitrogens with zero attached hydrogens (tertiary/aromatic N) is 3. The molecular formula is C18H24N4O. The maximum absolute atomic E-state index is 12.6. The van der Waals surface area contributed by atoms with E-state index >= 15 is 0 Å². The average Bonchev–Trinajstić information content (AvgIpc) is 3.02. The molecule has 1 aromatic carbocycles. The Balaban J connectivity index is 1.67. The van der Waals surface area contributed by atoms with Gasteiger partial charge in [0, 0.05) is 31.2 Å². The van der Waals surface area contributed by atoms with Crippen LogP contribution in [-0.2, 0) is 6.54 Å². The maximum Gasteiger partial charge on any atom is 0.321 e. The molecule has 2 aromatic rings. The van der Waals surface area contributed by atoms with E-state index < -0.39 is 0 Å². The fourth-order valence-corrected chi connectivity index (χ4v) is 2.99. The van der Waals surface area contributed by atoms with Crippen molar-refractivity contribution in [2.45, 2.75) is 38.6 Å². The molecule has 2 amide bonds. The number of benzene rings is 1. The van der Waals surface area contributed by atoms with Crippen LogP contribution < -0.4 is 5.32 Å². The maximum atomic E-state index is 12.6. The highest BCUT2D eigenvalue weighted by atomic mass is 16.2. The lowest BCUT2D eigenvalue weighted by Crippen LogP contribution is -2.37. The van der Waals surface area contributed by atoms with E-state index in [0.717, 1.165) is 37.2 Å². The van der Waals surface area contributed by atoms with Crippen molar-refractivity contribution in [3.05, 3.63) is 48.3 Å². The van der Waals surface area contributed by atoms with Crippen molar-refractivity contribution >= 4 is 11.7 Å². The largest absolute Gasteiger partial charge is 0.325 e. The molecule has 0 aliphatic carbocycles. The molecule has 23 heavy (non-hydrogen) atoms. The zero-order valence-electron chi connectivity index (χ0n) is 13.4. The topological polar surface area (TPSA) is 50.2 Å². The van der Waals surface area contributed by atoms with Gasteiger partial charge >= 0.3 is 6.03 Å². The van der Waals surface area contributed by atoms with Crippen LogP contribution in [0.1, 0.15) is 37.7 Å². The van der Waals surface area contributed by atoms with Crippen molar-refractivity contribution < 1.29 is 4.79 Å². The number of para-hydroxylation sites is 1. The molecule has 5 nitrogen and oxygen atoms in total. The SMILES string of the molecule is O=C(Nc1ccccc1Cn1cccn1)N1CCCCCCC1. The number of urea groups is 1. The number of hydrogen-bond donors (Lipinski definition) is 1. The Hall–Kier alpha value is -2.30. The highest BCUT2D eigenvalue weighted by Crippen LogP contribution is 2.18. The molecule has 0 spiro atoms. The van der Waals surface area contributed by atoms with Crippen LogP contribution >= 0.6 is 0 Å². The summed E-state index contributed by atoms with van der Waals surface area (Å²) in [4.78, 5) is 14.5. The third-order valence-corrected chi connectivity index (χ3v) is 4.29. The van der Waals surface area contributed by atoms with Crippen molar-refractivity contribution in [3.63, 3.8) is 0 Å². The Morgan fingerprint density at radius 2 is 1.78 bits per heavy atom. The van der Waals surface area contributed by atoms with Gasteiger partial charge in [-0.25, -0.2) is 4.79 Å². The highest BCUT2D eigenvalue weighted by Gasteiger charge is 2.16. The van der Waals surface area contributed by atoms with Crippen molar-refractivity contribution in [2.24, 2.45) is 0 Å². The van der Waals surface area contributed by atoms with E-state index in [1.165, 1.54) is 19.3 Å². The van der Waals surface area contributed by atoms with Crippen molar-refractivity contribution in [1.82, 2.24) is 14.7 Å². The number of carbonyl (C=O) groups is 1. The van der Waals surface area contributed by atoms with E-state index in [1.54, 1.807) is 6.20 Å². The molecule has 0 bridgehead atoms. The number of carbonyl (C=O) groups excluding carboxylic acids is 1. The second-order valence-electron chi connectivity index (χ2n) is 6.05. The first-order chi connectivity index (χ1) is 11.3. The summed E-state index contributed by atoms with van der Waals surface area (Å²) < 4.78 is 1.86. The zero-order chi connectivity index (χ0) is 15.9. The zero-order valence-corrected chi connectivity index (χ0v) is 13.4. The standard InChI is InChI=1S/C18H24N4O/c23-18(21-12-6-2-1-3-7-13-21)20-17-10-5-4-9-16(17)15-22-14-8-11-19-22/h4-5,8-11,14H,1-3,6-7,12-13,15H2,(H,20,23). The molecule has 1 N–H and O–H groups in total. The lowest BCUT2D eigenvalue weighted by Gasteiger charge is -2.25. The van der Waals surface area contributed by atoms with Crippen LogP contribution in [0.15, 0.2) is 42.7 Å². The van der Waals surface area contributed by atoms with Crippen LogP contribution in [0.3, 0.4) is 0 Å². The third kappa shape index (κ3) is 4.34. The van der Waals surface area contributed by atoms with Crippen molar-refractivity contribution in [2.75, 3.05) is 18.4 Å². The number of amides is 2. The molecule has 1 aliphatic heterocycles. The third-order valence-electron chi connectivity index (χ3n) is 4.29. The lowest BCUT2D eigenvalue weighted by atomic mass is 10.1. The number of nitrogens with one attached hydrogen (secondary N) is 1. The minimum Gasteiger partial charge on any atom is -0.325 e. The van der Waals surface area contributed by atoms with E-state index in [-0.39, 0.29) is 6.03 Å². The minimum absolute atomic E-state index is 0.0137. The van der Waals surface area contributed by atoms with E-state index in [9.17, 15) is 4.79 Å². The van der Waals surface area contributed by atoms with Gasteiger partial charge < -0.3 is 10.2 Å². The molecule has 122 valence electrons. The second-order valence-corrected chi connectivity index (χ2v) is 6.05. The summed E-state index contributed by atoms with van der Waals surface area (Å²) in [5.41, 5.74) is 1.94. The van der Waals surface area contributed by atoms with Gasteiger partial charge in [0.2, 0.25) is 0 Å². The van der Waals surface area contributed by atoms with E-state index in [2.05, 4.69) is 10.4 Å². The molecule has 5 heteroatoms. The normalized spacial score (nSPS) is 15.7. The first-order valence-electron chi connectivity index (χ1n) is 8.44. The van der Waals surface area contributed by atoms with Gasteiger partial charge in [0.1, 0.15) is 0 Å². The predicted octanol–water partition coefficient (Wildman–Crippen LogP) is 3.73. The smallest absolute Gasteiger partial charge is 0.321 e. The fraction of sp³-hybridized carbons (Fsp3) is 0.444. The minimum atomic E-state index is 0.0137. The highest BCUT2D eigenvalue weighted by molar-refractivity contribution is 5.90. The van der Waals surface area contributed by atoms with Crippen LogP contribution in [-0.4, -0.2) is 33.8 Å². The summed E-state index contributed by atoms with van der Waals surface area (Å²) in [6, 6.07) is 9.85. The van der Waals surface area contributed by atoms with Gasteiger partial charge in [0.15, 0.2) is 0 Å². The number of hydrogen-bond acceptors (Lipinski definition) is 2.